The number of carbonyl (C=O) groups excluding carboxylic acids is 2. The van der Waals surface area contributed by atoms with Crippen molar-refractivity contribution >= 4 is 21.9 Å². The highest BCUT2D eigenvalue weighted by Crippen LogP contribution is 2.32. The lowest BCUT2D eigenvalue weighted by Gasteiger charge is -2.24. The van der Waals surface area contributed by atoms with Crippen molar-refractivity contribution in [3.05, 3.63) is 18.2 Å². The van der Waals surface area contributed by atoms with Crippen LogP contribution < -0.4 is 14.2 Å². The van der Waals surface area contributed by atoms with Crippen LogP contribution in [0.2, 0.25) is 0 Å². The molecule has 0 spiro atoms. The third-order valence-electron chi connectivity index (χ3n) is 5.39. The second-order valence-electron chi connectivity index (χ2n) is 8.54. The molecule has 0 radical (unpaired) electrons. The lowest BCUT2D eigenvalue weighted by atomic mass is 10.1. The first-order chi connectivity index (χ1) is 15.2. The fourth-order valence-electron chi connectivity index (χ4n) is 3.40. The summed E-state index contributed by atoms with van der Waals surface area (Å²) in [4.78, 5) is 26.9. The average Bonchev–Trinajstić information content (AvgIpc) is 3.59. The van der Waals surface area contributed by atoms with Crippen molar-refractivity contribution in [3.63, 3.8) is 0 Å². The van der Waals surface area contributed by atoms with E-state index in [1.165, 1.54) is 18.2 Å². The van der Waals surface area contributed by atoms with E-state index in [2.05, 4.69) is 4.72 Å². The van der Waals surface area contributed by atoms with E-state index in [-0.39, 0.29) is 16.7 Å². The van der Waals surface area contributed by atoms with Gasteiger partial charge in [0.2, 0.25) is 10.0 Å². The molecule has 10 heteroatoms. The van der Waals surface area contributed by atoms with Crippen molar-refractivity contribution in [1.29, 1.82) is 0 Å². The molecule has 0 aromatic heterocycles. The first kappa shape index (κ1) is 24.3. The zero-order valence-corrected chi connectivity index (χ0v) is 19.7. The number of benzene rings is 1. The molecular formula is C22H32N2O7S. The van der Waals surface area contributed by atoms with Crippen LogP contribution in [0.1, 0.15) is 40.0 Å². The summed E-state index contributed by atoms with van der Waals surface area (Å²) in [7, 11) is -4.04. The van der Waals surface area contributed by atoms with Gasteiger partial charge in [-0.1, -0.05) is 20.8 Å². The van der Waals surface area contributed by atoms with Crippen LogP contribution in [0.25, 0.3) is 0 Å². The number of esters is 1. The highest BCUT2D eigenvalue weighted by Gasteiger charge is 2.32. The van der Waals surface area contributed by atoms with E-state index in [9.17, 15) is 18.0 Å². The van der Waals surface area contributed by atoms with E-state index < -0.39 is 28.6 Å². The predicted octanol–water partition coefficient (Wildman–Crippen LogP) is 1.95. The van der Waals surface area contributed by atoms with Crippen LogP contribution in [-0.4, -0.2) is 64.1 Å². The van der Waals surface area contributed by atoms with Crippen LogP contribution >= 0.6 is 0 Å². The summed E-state index contributed by atoms with van der Waals surface area (Å²) in [5.41, 5.74) is 0. The van der Waals surface area contributed by atoms with Gasteiger partial charge in [0.15, 0.2) is 18.1 Å². The molecule has 32 heavy (non-hydrogen) atoms. The number of hydrogen-bond acceptors (Lipinski definition) is 7. The zero-order valence-electron chi connectivity index (χ0n) is 18.8. The Kier molecular flexibility index (Phi) is 8.00. The minimum absolute atomic E-state index is 0.0465. The fourth-order valence-corrected chi connectivity index (χ4v) is 4.74. The Morgan fingerprint density at radius 3 is 2.50 bits per heavy atom. The summed E-state index contributed by atoms with van der Waals surface area (Å²) in [6.45, 7) is 7.00. The van der Waals surface area contributed by atoms with Gasteiger partial charge in [-0.2, -0.15) is 4.72 Å². The minimum atomic E-state index is -4.04. The standard InChI is InChI=1S/C22H32N2O7S/c1-4-9-24(13-16-5-6-16)20(25)14-31-22(26)21(15(2)3)23-32(27,28)17-7-8-18-19(12-17)30-11-10-29-18/h7-8,12,15-16,21,23H,4-6,9-11,13-14H2,1-3H3. The van der Waals surface area contributed by atoms with Crippen molar-refractivity contribution in [2.75, 3.05) is 32.9 Å². The number of nitrogens with one attached hydrogen (secondary N) is 1. The van der Waals surface area contributed by atoms with Gasteiger partial charge in [0, 0.05) is 19.2 Å². The van der Waals surface area contributed by atoms with Crippen molar-refractivity contribution in [2.24, 2.45) is 11.8 Å². The number of hydrogen-bond donors (Lipinski definition) is 1. The lowest BCUT2D eigenvalue weighted by molar-refractivity contribution is -0.154. The van der Waals surface area contributed by atoms with Gasteiger partial charge in [0.05, 0.1) is 4.90 Å². The Labute approximate surface area is 189 Å². The van der Waals surface area contributed by atoms with Gasteiger partial charge >= 0.3 is 5.97 Å². The summed E-state index contributed by atoms with van der Waals surface area (Å²) in [6.07, 6.45) is 3.05. The second-order valence-corrected chi connectivity index (χ2v) is 10.3. The average molecular weight is 469 g/mol. The Morgan fingerprint density at radius 2 is 1.88 bits per heavy atom. The molecular weight excluding hydrogens is 436 g/mol. The van der Waals surface area contributed by atoms with E-state index in [0.717, 1.165) is 19.3 Å². The smallest absolute Gasteiger partial charge is 0.324 e. The van der Waals surface area contributed by atoms with Gasteiger partial charge < -0.3 is 19.1 Å². The number of amides is 1. The molecule has 9 nitrogen and oxygen atoms in total. The molecule has 1 amide bonds. The fraction of sp³-hybridized carbons (Fsp3) is 0.636. The number of ether oxygens (including phenoxy) is 3. The summed E-state index contributed by atoms with van der Waals surface area (Å²) < 4.78 is 44.3. The van der Waals surface area contributed by atoms with Crippen LogP contribution in [0.3, 0.4) is 0 Å². The van der Waals surface area contributed by atoms with Gasteiger partial charge in [-0.05, 0) is 43.2 Å². The van der Waals surface area contributed by atoms with Gasteiger partial charge in [-0.15, -0.1) is 0 Å². The van der Waals surface area contributed by atoms with Crippen LogP contribution in [0.4, 0.5) is 0 Å². The largest absolute Gasteiger partial charge is 0.486 e. The molecule has 1 aliphatic carbocycles. The normalized spacial score (nSPS) is 16.5. The molecule has 1 saturated carbocycles. The van der Waals surface area contributed by atoms with Gasteiger partial charge in [-0.3, -0.25) is 9.59 Å². The molecule has 1 fully saturated rings. The molecule has 1 aromatic rings. The van der Waals surface area contributed by atoms with Gasteiger partial charge in [0.1, 0.15) is 19.3 Å². The van der Waals surface area contributed by atoms with Gasteiger partial charge in [0.25, 0.3) is 5.91 Å². The highest BCUT2D eigenvalue weighted by atomic mass is 32.2. The van der Waals surface area contributed by atoms with Gasteiger partial charge in [-0.25, -0.2) is 8.42 Å². The molecule has 178 valence electrons. The Balaban J connectivity index is 1.63. The van der Waals surface area contributed by atoms with E-state index in [1.54, 1.807) is 18.7 Å². The molecule has 1 unspecified atom stereocenters. The molecule has 1 N–H and O–H groups in total. The third kappa shape index (κ3) is 6.35. The third-order valence-corrected chi connectivity index (χ3v) is 6.83. The molecule has 1 heterocycles. The number of carbonyl (C=O) groups is 2. The molecule has 1 atom stereocenters. The number of nitrogens with zero attached hydrogens (tertiary/aromatic N) is 1. The lowest BCUT2D eigenvalue weighted by Crippen LogP contribution is -2.46. The number of sulfonamides is 1. The van der Waals surface area contributed by atoms with Crippen LogP contribution in [0, 0.1) is 11.8 Å². The van der Waals surface area contributed by atoms with Crippen LogP contribution in [0.5, 0.6) is 11.5 Å². The zero-order chi connectivity index (χ0) is 23.3. The van der Waals surface area contributed by atoms with Crippen molar-refractivity contribution in [2.45, 2.75) is 51.0 Å². The first-order valence-electron chi connectivity index (χ1n) is 11.1. The summed E-state index contributed by atoms with van der Waals surface area (Å²) >= 11 is 0. The molecule has 2 aliphatic rings. The SMILES string of the molecule is CCCN(CC1CC1)C(=O)COC(=O)C(NS(=O)(=O)c1ccc2c(c1)OCCO2)C(C)C. The summed E-state index contributed by atoms with van der Waals surface area (Å²) in [6, 6.07) is 3.14. The topological polar surface area (TPSA) is 111 Å². The van der Waals surface area contributed by atoms with Crippen molar-refractivity contribution < 1.29 is 32.2 Å². The minimum Gasteiger partial charge on any atom is -0.486 e. The first-order valence-corrected chi connectivity index (χ1v) is 12.6. The Hall–Kier alpha value is -2.33. The van der Waals surface area contributed by atoms with Crippen LogP contribution in [-0.2, 0) is 24.3 Å². The molecule has 0 bridgehead atoms. The Morgan fingerprint density at radius 1 is 1.19 bits per heavy atom. The van der Waals surface area contributed by atoms with E-state index in [0.29, 0.717) is 43.7 Å². The maximum Gasteiger partial charge on any atom is 0.324 e. The molecule has 0 saturated heterocycles. The predicted molar refractivity (Wildman–Crippen MR) is 117 cm³/mol. The maximum atomic E-state index is 12.9. The molecule has 1 aliphatic heterocycles. The number of rotatable bonds is 11. The Bertz CT molecular complexity index is 928. The molecule has 3 rings (SSSR count). The summed E-state index contributed by atoms with van der Waals surface area (Å²) in [5, 5.41) is 0. The quantitative estimate of drug-likeness (QED) is 0.494. The van der Waals surface area contributed by atoms with E-state index in [1.807, 2.05) is 6.92 Å². The van der Waals surface area contributed by atoms with Crippen molar-refractivity contribution in [3.8, 4) is 11.5 Å². The van der Waals surface area contributed by atoms with E-state index >= 15 is 0 Å². The molecule has 1 aromatic carbocycles. The maximum absolute atomic E-state index is 12.9. The van der Waals surface area contributed by atoms with E-state index in [4.69, 9.17) is 14.2 Å². The highest BCUT2D eigenvalue weighted by molar-refractivity contribution is 7.89. The van der Waals surface area contributed by atoms with Crippen molar-refractivity contribution in [1.82, 2.24) is 9.62 Å². The second kappa shape index (κ2) is 10.5. The summed E-state index contributed by atoms with van der Waals surface area (Å²) in [5.74, 6) is -0.0942. The van der Waals surface area contributed by atoms with Crippen LogP contribution in [0.15, 0.2) is 23.1 Å². The number of fused-ring (bicyclic) bond motifs is 1. The monoisotopic (exact) mass is 468 g/mol.